The average Bonchev–Trinajstić information content (AvgIpc) is 3.20. The standard InChI is InChI=1S/C22H24FN4O4PS/c1-11(2)27-14(10-31-3)8-26-9-15(19(28)20(29)18(26)22(27)30)21-25-24-17(33-21)6-12-4-5-13(23)7-16(12)32/h4-5,7,9,11,14,29H,6,8,10,32H2,1-3H3/t14-/m0/s1. The fourth-order valence-corrected chi connectivity index (χ4v) is 5.31. The van der Waals surface area contributed by atoms with Gasteiger partial charge in [-0.05, 0) is 36.8 Å². The lowest BCUT2D eigenvalue weighted by molar-refractivity contribution is 0.0307. The first-order valence-electron chi connectivity index (χ1n) is 10.4. The van der Waals surface area contributed by atoms with Crippen LogP contribution in [0.15, 0.2) is 29.2 Å². The van der Waals surface area contributed by atoms with Gasteiger partial charge < -0.3 is 19.3 Å². The molecule has 0 saturated heterocycles. The second-order valence-corrected chi connectivity index (χ2v) is 9.84. The topological polar surface area (TPSA) is 97.5 Å². The lowest BCUT2D eigenvalue weighted by Crippen LogP contribution is -2.53. The Morgan fingerprint density at radius 3 is 2.76 bits per heavy atom. The summed E-state index contributed by atoms with van der Waals surface area (Å²) in [6.07, 6.45) is 1.98. The van der Waals surface area contributed by atoms with Gasteiger partial charge in [0.05, 0.1) is 18.2 Å². The summed E-state index contributed by atoms with van der Waals surface area (Å²) in [5, 5.41) is 20.7. The zero-order chi connectivity index (χ0) is 23.9. The van der Waals surface area contributed by atoms with Crippen molar-refractivity contribution in [3.8, 4) is 16.3 Å². The quantitative estimate of drug-likeness (QED) is 0.532. The van der Waals surface area contributed by atoms with Crippen molar-refractivity contribution in [2.45, 2.75) is 38.9 Å². The van der Waals surface area contributed by atoms with Crippen molar-refractivity contribution in [3.63, 3.8) is 0 Å². The third-order valence-corrected chi connectivity index (χ3v) is 7.05. The maximum Gasteiger partial charge on any atom is 0.275 e. The van der Waals surface area contributed by atoms with Crippen molar-refractivity contribution in [1.29, 1.82) is 0 Å². The molecule has 1 amide bonds. The number of aromatic hydroxyl groups is 1. The molecule has 8 nitrogen and oxygen atoms in total. The number of methoxy groups -OCH3 is 1. The molecule has 33 heavy (non-hydrogen) atoms. The van der Waals surface area contributed by atoms with Crippen LogP contribution < -0.4 is 10.7 Å². The van der Waals surface area contributed by atoms with Crippen molar-refractivity contribution in [2.75, 3.05) is 13.7 Å². The number of carbonyl (C=O) groups excluding carboxylic acids is 1. The van der Waals surface area contributed by atoms with E-state index in [1.807, 2.05) is 13.8 Å². The van der Waals surface area contributed by atoms with Crippen molar-refractivity contribution in [1.82, 2.24) is 19.7 Å². The number of fused-ring (bicyclic) bond motifs is 1. The second-order valence-electron chi connectivity index (χ2n) is 8.16. The van der Waals surface area contributed by atoms with Crippen LogP contribution >= 0.6 is 20.6 Å². The summed E-state index contributed by atoms with van der Waals surface area (Å²) in [5.41, 5.74) is 0.344. The van der Waals surface area contributed by atoms with Crippen LogP contribution in [0.3, 0.4) is 0 Å². The van der Waals surface area contributed by atoms with Crippen molar-refractivity contribution < 1.29 is 19.0 Å². The molecule has 11 heteroatoms. The minimum Gasteiger partial charge on any atom is -0.503 e. The SMILES string of the molecule is COC[C@@H]1Cn2cc(-c3nnc(Cc4ccc(F)cc4P)s3)c(=O)c(O)c2C(=O)N1C(C)C. The molecule has 2 aromatic heterocycles. The maximum absolute atomic E-state index is 13.4. The Balaban J connectivity index is 1.71. The largest absolute Gasteiger partial charge is 0.503 e. The Bertz CT molecular complexity index is 1280. The molecular weight excluding hydrogens is 466 g/mol. The molecular formula is C22H24FN4O4PS. The zero-order valence-corrected chi connectivity index (χ0v) is 20.4. The van der Waals surface area contributed by atoms with Gasteiger partial charge in [0.15, 0.2) is 16.5 Å². The molecule has 174 valence electrons. The number of carbonyl (C=O) groups is 1. The third-order valence-electron chi connectivity index (χ3n) is 5.56. The smallest absolute Gasteiger partial charge is 0.275 e. The lowest BCUT2D eigenvalue weighted by atomic mass is 10.1. The van der Waals surface area contributed by atoms with E-state index in [0.29, 0.717) is 29.6 Å². The number of halogens is 1. The number of rotatable bonds is 6. The van der Waals surface area contributed by atoms with Crippen LogP contribution in [-0.4, -0.2) is 56.5 Å². The molecule has 4 rings (SSSR count). The van der Waals surface area contributed by atoms with Gasteiger partial charge in [0.2, 0.25) is 5.43 Å². The van der Waals surface area contributed by atoms with Gasteiger partial charge in [-0.1, -0.05) is 17.4 Å². The molecule has 1 unspecified atom stereocenters. The predicted molar refractivity (Wildman–Crippen MR) is 127 cm³/mol. The monoisotopic (exact) mass is 490 g/mol. The van der Waals surface area contributed by atoms with Crippen LogP contribution in [0.4, 0.5) is 4.39 Å². The summed E-state index contributed by atoms with van der Waals surface area (Å²) in [4.78, 5) is 27.7. The molecule has 0 aliphatic carbocycles. The Hall–Kier alpha value is -2.68. The fraction of sp³-hybridized carbons (Fsp3) is 0.364. The van der Waals surface area contributed by atoms with Crippen LogP contribution in [0.2, 0.25) is 0 Å². The molecule has 3 heterocycles. The Morgan fingerprint density at radius 2 is 2.09 bits per heavy atom. The molecule has 0 radical (unpaired) electrons. The average molecular weight is 490 g/mol. The highest BCUT2D eigenvalue weighted by Gasteiger charge is 2.37. The van der Waals surface area contributed by atoms with E-state index < -0.39 is 17.1 Å². The molecule has 0 saturated carbocycles. The number of amides is 1. The first-order chi connectivity index (χ1) is 15.7. The molecule has 3 aromatic rings. The molecule has 0 bridgehead atoms. The van der Waals surface area contributed by atoms with Gasteiger partial charge in [-0.3, -0.25) is 9.59 Å². The molecule has 1 N–H and O–H groups in total. The highest BCUT2D eigenvalue weighted by molar-refractivity contribution is 7.27. The van der Waals surface area contributed by atoms with E-state index in [-0.39, 0.29) is 29.2 Å². The number of ether oxygens (including phenoxy) is 1. The van der Waals surface area contributed by atoms with Gasteiger partial charge in [0, 0.05) is 32.3 Å². The summed E-state index contributed by atoms with van der Waals surface area (Å²) in [6, 6.07) is 4.12. The van der Waals surface area contributed by atoms with E-state index in [9.17, 15) is 19.1 Å². The summed E-state index contributed by atoms with van der Waals surface area (Å²) in [5.74, 6) is -1.33. The third kappa shape index (κ3) is 4.43. The Kier molecular flexibility index (Phi) is 6.61. The van der Waals surface area contributed by atoms with E-state index in [0.717, 1.165) is 10.9 Å². The van der Waals surface area contributed by atoms with Gasteiger partial charge in [-0.15, -0.1) is 19.4 Å². The maximum atomic E-state index is 13.4. The van der Waals surface area contributed by atoms with Crippen LogP contribution in [-0.2, 0) is 17.7 Å². The van der Waals surface area contributed by atoms with Crippen LogP contribution in [0.1, 0.15) is 34.9 Å². The van der Waals surface area contributed by atoms with Crippen molar-refractivity contribution in [2.24, 2.45) is 0 Å². The van der Waals surface area contributed by atoms with Crippen LogP contribution in [0.25, 0.3) is 10.6 Å². The predicted octanol–water partition coefficient (Wildman–Crippen LogP) is 2.18. The number of hydrogen-bond donors (Lipinski definition) is 1. The number of pyridine rings is 1. The Labute approximate surface area is 196 Å². The number of benzene rings is 1. The van der Waals surface area contributed by atoms with Crippen molar-refractivity contribution >= 4 is 31.8 Å². The van der Waals surface area contributed by atoms with Crippen LogP contribution in [0.5, 0.6) is 5.75 Å². The van der Waals surface area contributed by atoms with Crippen LogP contribution in [0, 0.1) is 5.82 Å². The highest BCUT2D eigenvalue weighted by Crippen LogP contribution is 2.30. The highest BCUT2D eigenvalue weighted by atomic mass is 32.1. The summed E-state index contributed by atoms with van der Waals surface area (Å²) in [6.45, 7) is 4.45. The normalized spacial score (nSPS) is 15.9. The lowest BCUT2D eigenvalue weighted by Gasteiger charge is -2.40. The molecule has 1 aromatic carbocycles. The first-order valence-corrected chi connectivity index (χ1v) is 11.7. The second kappa shape index (κ2) is 9.29. The van der Waals surface area contributed by atoms with Gasteiger partial charge in [-0.25, -0.2) is 4.39 Å². The summed E-state index contributed by atoms with van der Waals surface area (Å²) < 4.78 is 20.3. The van der Waals surface area contributed by atoms with Crippen molar-refractivity contribution in [3.05, 3.63) is 56.7 Å². The van der Waals surface area contributed by atoms with Gasteiger partial charge >= 0.3 is 0 Å². The number of hydrogen-bond acceptors (Lipinski definition) is 7. The Morgan fingerprint density at radius 1 is 1.33 bits per heavy atom. The molecule has 1 aliphatic rings. The summed E-state index contributed by atoms with van der Waals surface area (Å²) in [7, 11) is 4.06. The molecule has 1 aliphatic heterocycles. The first kappa shape index (κ1) is 23.5. The van der Waals surface area contributed by atoms with Gasteiger partial charge in [0.1, 0.15) is 10.8 Å². The molecule has 2 atom stereocenters. The van der Waals surface area contributed by atoms with Gasteiger partial charge in [0.25, 0.3) is 5.91 Å². The fourth-order valence-electron chi connectivity index (χ4n) is 4.08. The van der Waals surface area contributed by atoms with E-state index in [2.05, 4.69) is 19.4 Å². The zero-order valence-electron chi connectivity index (χ0n) is 18.4. The number of aromatic nitrogens is 3. The molecule has 0 fully saturated rings. The minimum atomic E-state index is -0.667. The van der Waals surface area contributed by atoms with Gasteiger partial charge in [-0.2, -0.15) is 0 Å². The van der Waals surface area contributed by atoms with E-state index >= 15 is 0 Å². The van der Waals surface area contributed by atoms with E-state index in [1.54, 1.807) is 28.8 Å². The number of nitrogens with zero attached hydrogens (tertiary/aromatic N) is 4. The summed E-state index contributed by atoms with van der Waals surface area (Å²) >= 11 is 1.21. The van der Waals surface area contributed by atoms with E-state index in [1.165, 1.54) is 23.5 Å². The minimum absolute atomic E-state index is 0.0338. The van der Waals surface area contributed by atoms with E-state index in [4.69, 9.17) is 4.74 Å². The molecule has 0 spiro atoms.